The molecule has 0 saturated carbocycles. The van der Waals surface area contributed by atoms with Crippen molar-refractivity contribution < 1.29 is 0 Å². The predicted octanol–water partition coefficient (Wildman–Crippen LogP) is 3.82. The fraction of sp³-hybridized carbons (Fsp3) is 0.350. The van der Waals surface area contributed by atoms with Crippen LogP contribution in [0.4, 0.5) is 0 Å². The summed E-state index contributed by atoms with van der Waals surface area (Å²) in [5.41, 5.74) is 2.43. The Hall–Kier alpha value is -1.94. The highest BCUT2D eigenvalue weighted by Gasteiger charge is 2.03. The second-order valence-corrected chi connectivity index (χ2v) is 7.38. The number of aryl methyl sites for hydroxylation is 1. The summed E-state index contributed by atoms with van der Waals surface area (Å²) in [4.78, 5) is 14.6. The van der Waals surface area contributed by atoms with Crippen LogP contribution in [-0.2, 0) is 26.1 Å². The number of halogens is 1. The number of aliphatic imine (C=N–C) groups is 1. The van der Waals surface area contributed by atoms with Crippen molar-refractivity contribution >= 4 is 41.3 Å². The molecule has 2 heterocycles. The standard InChI is InChI=1S/C20H26N6S.HI/c1-3-18-12-23-19(27-18)13-25-20(22-4-2)24-11-16-6-5-7-17(10-16)14-26-9-8-21-15-26;/h5-10,12,15H,3-4,11,13-14H2,1-2H3,(H2,22,24,25);1H. The first-order valence-corrected chi connectivity index (χ1v) is 10.1. The molecule has 2 aromatic heterocycles. The van der Waals surface area contributed by atoms with E-state index < -0.39 is 0 Å². The maximum atomic E-state index is 4.72. The van der Waals surface area contributed by atoms with Gasteiger partial charge in [0.25, 0.3) is 0 Å². The van der Waals surface area contributed by atoms with Gasteiger partial charge in [-0.25, -0.2) is 15.0 Å². The molecule has 0 aliphatic heterocycles. The molecule has 1 aromatic carbocycles. The fourth-order valence-corrected chi connectivity index (χ4v) is 3.48. The van der Waals surface area contributed by atoms with Crippen molar-refractivity contribution in [2.45, 2.75) is 39.9 Å². The number of nitrogens with zero attached hydrogens (tertiary/aromatic N) is 4. The molecular formula is C20H27IN6S. The summed E-state index contributed by atoms with van der Waals surface area (Å²) < 4.78 is 2.06. The zero-order valence-corrected chi connectivity index (χ0v) is 19.4. The molecule has 6 nitrogen and oxygen atoms in total. The minimum absolute atomic E-state index is 0. The number of aromatic nitrogens is 3. The topological polar surface area (TPSA) is 67.1 Å². The Balaban J connectivity index is 0.00000280. The number of imidazole rings is 1. The van der Waals surface area contributed by atoms with Crippen molar-refractivity contribution in [3.63, 3.8) is 0 Å². The Morgan fingerprint density at radius 1 is 1.21 bits per heavy atom. The number of thiazole rings is 1. The van der Waals surface area contributed by atoms with Gasteiger partial charge in [0.2, 0.25) is 0 Å². The molecule has 3 rings (SSSR count). The fourth-order valence-electron chi connectivity index (χ4n) is 2.68. The molecule has 8 heteroatoms. The van der Waals surface area contributed by atoms with Gasteiger partial charge in [0.1, 0.15) is 5.01 Å². The third-order valence-electron chi connectivity index (χ3n) is 4.04. The number of hydrogen-bond acceptors (Lipinski definition) is 4. The summed E-state index contributed by atoms with van der Waals surface area (Å²) in [6.07, 6.45) is 8.59. The van der Waals surface area contributed by atoms with Gasteiger partial charge in [0, 0.05) is 36.6 Å². The quantitative estimate of drug-likeness (QED) is 0.275. The van der Waals surface area contributed by atoms with E-state index >= 15 is 0 Å². The second-order valence-electron chi connectivity index (χ2n) is 6.18. The third-order valence-corrected chi connectivity index (χ3v) is 5.18. The van der Waals surface area contributed by atoms with Crippen molar-refractivity contribution in [1.29, 1.82) is 0 Å². The molecule has 2 N–H and O–H groups in total. The van der Waals surface area contributed by atoms with Crippen LogP contribution in [0, 0.1) is 0 Å². The minimum atomic E-state index is 0. The highest BCUT2D eigenvalue weighted by Crippen LogP contribution is 2.13. The highest BCUT2D eigenvalue weighted by molar-refractivity contribution is 14.0. The Morgan fingerprint density at radius 3 is 2.79 bits per heavy atom. The van der Waals surface area contributed by atoms with Crippen LogP contribution in [0.3, 0.4) is 0 Å². The van der Waals surface area contributed by atoms with Gasteiger partial charge in [-0.1, -0.05) is 31.2 Å². The smallest absolute Gasteiger partial charge is 0.191 e. The first kappa shape index (κ1) is 22.4. The van der Waals surface area contributed by atoms with Crippen LogP contribution < -0.4 is 10.6 Å². The average molecular weight is 510 g/mol. The third kappa shape index (κ3) is 6.90. The zero-order valence-electron chi connectivity index (χ0n) is 16.3. The summed E-state index contributed by atoms with van der Waals surface area (Å²) in [6.45, 7) is 7.19. The van der Waals surface area contributed by atoms with Crippen LogP contribution in [0.2, 0.25) is 0 Å². The van der Waals surface area contributed by atoms with Gasteiger partial charge in [-0.2, -0.15) is 0 Å². The monoisotopic (exact) mass is 510 g/mol. The van der Waals surface area contributed by atoms with Crippen molar-refractivity contribution in [3.05, 3.63) is 70.2 Å². The minimum Gasteiger partial charge on any atom is -0.357 e. The molecule has 0 atom stereocenters. The van der Waals surface area contributed by atoms with Crippen LogP contribution in [0.5, 0.6) is 0 Å². The maximum Gasteiger partial charge on any atom is 0.191 e. The van der Waals surface area contributed by atoms with Gasteiger partial charge in [-0.05, 0) is 24.5 Å². The van der Waals surface area contributed by atoms with Crippen molar-refractivity contribution in [2.24, 2.45) is 4.99 Å². The zero-order chi connectivity index (χ0) is 18.9. The van der Waals surface area contributed by atoms with E-state index in [1.165, 1.54) is 16.0 Å². The molecule has 3 aromatic rings. The van der Waals surface area contributed by atoms with Crippen LogP contribution in [0.25, 0.3) is 0 Å². The van der Waals surface area contributed by atoms with E-state index in [9.17, 15) is 0 Å². The first-order valence-electron chi connectivity index (χ1n) is 9.26. The van der Waals surface area contributed by atoms with Crippen LogP contribution in [-0.4, -0.2) is 27.0 Å². The van der Waals surface area contributed by atoms with Crippen LogP contribution >= 0.6 is 35.3 Å². The number of nitrogens with one attached hydrogen (secondary N) is 2. The van der Waals surface area contributed by atoms with E-state index in [2.05, 4.69) is 63.3 Å². The maximum absolute atomic E-state index is 4.72. The molecule has 0 fully saturated rings. The van der Waals surface area contributed by atoms with E-state index in [1.807, 2.05) is 18.7 Å². The summed E-state index contributed by atoms with van der Waals surface area (Å²) in [5.74, 6) is 0.811. The van der Waals surface area contributed by atoms with Gasteiger partial charge < -0.3 is 15.2 Å². The molecule has 0 aliphatic rings. The molecule has 28 heavy (non-hydrogen) atoms. The van der Waals surface area contributed by atoms with E-state index in [4.69, 9.17) is 4.99 Å². The second kappa shape index (κ2) is 11.8. The normalized spacial score (nSPS) is 11.1. The molecule has 0 bridgehead atoms. The predicted molar refractivity (Wildman–Crippen MR) is 126 cm³/mol. The molecule has 0 amide bonds. The Morgan fingerprint density at radius 2 is 2.07 bits per heavy atom. The molecular weight excluding hydrogens is 483 g/mol. The lowest BCUT2D eigenvalue weighted by molar-refractivity contribution is 0.793. The molecule has 0 saturated heterocycles. The molecule has 0 aliphatic carbocycles. The molecule has 0 unspecified atom stereocenters. The number of benzene rings is 1. The largest absolute Gasteiger partial charge is 0.357 e. The summed E-state index contributed by atoms with van der Waals surface area (Å²) in [5, 5.41) is 7.75. The number of guanidine groups is 1. The SMILES string of the molecule is CCNC(=NCc1cccc(Cn2ccnc2)c1)NCc1ncc(CC)s1.I. The van der Waals surface area contributed by atoms with Gasteiger partial charge in [-0.3, -0.25) is 0 Å². The summed E-state index contributed by atoms with van der Waals surface area (Å²) in [6, 6.07) is 8.52. The summed E-state index contributed by atoms with van der Waals surface area (Å²) in [7, 11) is 0. The number of hydrogen-bond donors (Lipinski definition) is 2. The highest BCUT2D eigenvalue weighted by atomic mass is 127. The molecule has 0 spiro atoms. The lowest BCUT2D eigenvalue weighted by Crippen LogP contribution is -2.36. The van der Waals surface area contributed by atoms with Gasteiger partial charge in [0.15, 0.2) is 5.96 Å². The Bertz CT molecular complexity index is 859. The molecule has 150 valence electrons. The molecule has 0 radical (unpaired) electrons. The average Bonchev–Trinajstić information content (AvgIpc) is 3.36. The van der Waals surface area contributed by atoms with Crippen LogP contribution in [0.15, 0.2) is 54.2 Å². The van der Waals surface area contributed by atoms with Crippen molar-refractivity contribution in [3.8, 4) is 0 Å². The van der Waals surface area contributed by atoms with Gasteiger partial charge in [-0.15, -0.1) is 35.3 Å². The summed E-state index contributed by atoms with van der Waals surface area (Å²) >= 11 is 1.75. The first-order chi connectivity index (χ1) is 13.3. The van der Waals surface area contributed by atoms with E-state index in [1.54, 1.807) is 17.5 Å². The Kier molecular flexibility index (Phi) is 9.42. The number of rotatable bonds is 8. The van der Waals surface area contributed by atoms with Crippen molar-refractivity contribution in [2.75, 3.05) is 6.54 Å². The van der Waals surface area contributed by atoms with Gasteiger partial charge in [0.05, 0.1) is 19.4 Å². The van der Waals surface area contributed by atoms with Crippen LogP contribution in [0.1, 0.15) is 34.9 Å². The lowest BCUT2D eigenvalue weighted by atomic mass is 10.1. The Labute approximate surface area is 187 Å². The van der Waals surface area contributed by atoms with E-state index in [0.717, 1.165) is 30.5 Å². The lowest BCUT2D eigenvalue weighted by Gasteiger charge is -2.10. The van der Waals surface area contributed by atoms with Crippen molar-refractivity contribution in [1.82, 2.24) is 25.2 Å². The van der Waals surface area contributed by atoms with Gasteiger partial charge >= 0.3 is 0 Å². The van der Waals surface area contributed by atoms with E-state index in [-0.39, 0.29) is 24.0 Å². The van der Waals surface area contributed by atoms with E-state index in [0.29, 0.717) is 13.1 Å².